The molecule has 9 heteroatoms. The third-order valence-corrected chi connectivity index (χ3v) is 4.62. The summed E-state index contributed by atoms with van der Waals surface area (Å²) in [5, 5.41) is 11.8. The molecule has 0 fully saturated rings. The molecule has 4 aromatic heterocycles. The number of hydrogen-bond donors (Lipinski definition) is 3. The lowest BCUT2D eigenvalue weighted by atomic mass is 10.1. The number of fused-ring (bicyclic) bond motifs is 2. The first kappa shape index (κ1) is 15.7. The zero-order valence-corrected chi connectivity index (χ0v) is 14.7. The largest absolute Gasteiger partial charge is 0.364 e. The van der Waals surface area contributed by atoms with Gasteiger partial charge in [-0.15, -0.1) is 0 Å². The first-order valence-electron chi connectivity index (χ1n) is 8.25. The topological polar surface area (TPSA) is 108 Å². The Hall–Kier alpha value is -3.52. The highest BCUT2D eigenvalue weighted by Gasteiger charge is 2.13. The van der Waals surface area contributed by atoms with Crippen LogP contribution in [0.15, 0.2) is 49.3 Å². The zero-order chi connectivity index (χ0) is 18.2. The molecule has 0 saturated heterocycles. The van der Waals surface area contributed by atoms with Gasteiger partial charge in [0.05, 0.1) is 28.8 Å². The molecular formula is C18H13ClN8. The molecule has 0 aliphatic rings. The Balaban J connectivity index is 1.59. The molecular weight excluding hydrogens is 364 g/mol. The lowest BCUT2D eigenvalue weighted by Crippen LogP contribution is -2.05. The highest BCUT2D eigenvalue weighted by Crippen LogP contribution is 2.29. The Bertz CT molecular complexity index is 1250. The lowest BCUT2D eigenvalue weighted by molar-refractivity contribution is 1.09. The van der Waals surface area contributed by atoms with Gasteiger partial charge in [-0.25, -0.2) is 19.9 Å². The number of imidazole rings is 1. The molecule has 5 aromatic rings. The second kappa shape index (κ2) is 6.33. The van der Waals surface area contributed by atoms with Crippen molar-refractivity contribution in [3.05, 3.63) is 59.9 Å². The van der Waals surface area contributed by atoms with Gasteiger partial charge in [-0.1, -0.05) is 23.7 Å². The summed E-state index contributed by atoms with van der Waals surface area (Å²) in [6, 6.07) is 7.82. The van der Waals surface area contributed by atoms with E-state index in [2.05, 4.69) is 41.5 Å². The van der Waals surface area contributed by atoms with Crippen LogP contribution in [0, 0.1) is 0 Å². The van der Waals surface area contributed by atoms with Gasteiger partial charge < -0.3 is 10.3 Å². The van der Waals surface area contributed by atoms with Gasteiger partial charge >= 0.3 is 0 Å². The van der Waals surface area contributed by atoms with Crippen LogP contribution in [0.4, 0.5) is 5.82 Å². The predicted molar refractivity (Wildman–Crippen MR) is 103 cm³/mol. The maximum atomic E-state index is 6.34. The molecule has 0 amide bonds. The highest BCUT2D eigenvalue weighted by molar-refractivity contribution is 6.35. The number of benzene rings is 1. The van der Waals surface area contributed by atoms with Crippen LogP contribution in [-0.2, 0) is 6.54 Å². The molecule has 0 saturated carbocycles. The second-order valence-corrected chi connectivity index (χ2v) is 6.38. The van der Waals surface area contributed by atoms with Gasteiger partial charge in [-0.3, -0.25) is 5.10 Å². The molecule has 0 atom stereocenters. The molecule has 4 heterocycles. The number of nitrogens with one attached hydrogen (secondary N) is 3. The van der Waals surface area contributed by atoms with Crippen LogP contribution in [0.2, 0.25) is 5.02 Å². The monoisotopic (exact) mass is 376 g/mol. The highest BCUT2D eigenvalue weighted by atomic mass is 35.5. The van der Waals surface area contributed by atoms with E-state index in [0.717, 1.165) is 27.7 Å². The number of aromatic nitrogens is 7. The maximum Gasteiger partial charge on any atom is 0.162 e. The van der Waals surface area contributed by atoms with Crippen LogP contribution in [0.25, 0.3) is 33.3 Å². The van der Waals surface area contributed by atoms with Crippen molar-refractivity contribution in [3.63, 3.8) is 0 Å². The van der Waals surface area contributed by atoms with Crippen molar-refractivity contribution in [2.75, 3.05) is 5.32 Å². The summed E-state index contributed by atoms with van der Waals surface area (Å²) < 4.78 is 0. The Morgan fingerprint density at radius 3 is 2.96 bits per heavy atom. The molecule has 0 radical (unpaired) electrons. The summed E-state index contributed by atoms with van der Waals surface area (Å²) in [6.45, 7) is 0.509. The van der Waals surface area contributed by atoms with Crippen molar-refractivity contribution in [1.82, 2.24) is 35.1 Å². The van der Waals surface area contributed by atoms with E-state index in [9.17, 15) is 0 Å². The van der Waals surface area contributed by atoms with Crippen LogP contribution in [0.5, 0.6) is 0 Å². The summed E-state index contributed by atoms with van der Waals surface area (Å²) in [4.78, 5) is 20.5. The normalized spacial score (nSPS) is 11.3. The molecule has 5 rings (SSSR count). The Labute approximate surface area is 158 Å². The molecule has 8 nitrogen and oxygen atoms in total. The van der Waals surface area contributed by atoms with Gasteiger partial charge in [-0.05, 0) is 17.7 Å². The Kier molecular flexibility index (Phi) is 3.68. The maximum absolute atomic E-state index is 6.34. The fourth-order valence-electron chi connectivity index (χ4n) is 3.04. The first-order valence-corrected chi connectivity index (χ1v) is 8.62. The number of H-pyrrole nitrogens is 2. The molecule has 1 aromatic carbocycles. The minimum Gasteiger partial charge on any atom is -0.364 e. The number of para-hydroxylation sites is 1. The van der Waals surface area contributed by atoms with Crippen LogP contribution < -0.4 is 5.32 Å². The number of pyridine rings is 1. The number of halogens is 1. The Morgan fingerprint density at radius 2 is 2.07 bits per heavy atom. The summed E-state index contributed by atoms with van der Waals surface area (Å²) in [5.41, 5.74) is 4.83. The van der Waals surface area contributed by atoms with Gasteiger partial charge in [0, 0.05) is 23.7 Å². The van der Waals surface area contributed by atoms with Crippen LogP contribution in [0.3, 0.4) is 0 Å². The fraction of sp³-hybridized carbons (Fsp3) is 0.0556. The molecule has 0 unspecified atom stereocenters. The van der Waals surface area contributed by atoms with Crippen molar-refractivity contribution in [3.8, 4) is 11.3 Å². The number of rotatable bonds is 4. The van der Waals surface area contributed by atoms with E-state index in [1.807, 2.05) is 24.4 Å². The number of nitrogens with zero attached hydrogens (tertiary/aromatic N) is 5. The van der Waals surface area contributed by atoms with Crippen molar-refractivity contribution >= 4 is 39.5 Å². The van der Waals surface area contributed by atoms with Crippen LogP contribution >= 0.6 is 11.6 Å². The van der Waals surface area contributed by atoms with Gasteiger partial charge in [0.2, 0.25) is 0 Å². The molecule has 0 aliphatic heterocycles. The quantitative estimate of drug-likeness (QED) is 0.442. The molecule has 0 aliphatic carbocycles. The molecule has 0 spiro atoms. The zero-order valence-electron chi connectivity index (χ0n) is 13.9. The first-order chi connectivity index (χ1) is 13.3. The van der Waals surface area contributed by atoms with Crippen molar-refractivity contribution in [2.24, 2.45) is 0 Å². The van der Waals surface area contributed by atoms with Crippen LogP contribution in [-0.4, -0.2) is 35.1 Å². The van der Waals surface area contributed by atoms with E-state index in [1.165, 1.54) is 6.33 Å². The lowest BCUT2D eigenvalue weighted by Gasteiger charge is -2.12. The van der Waals surface area contributed by atoms with Crippen molar-refractivity contribution < 1.29 is 0 Å². The van der Waals surface area contributed by atoms with Gasteiger partial charge in [0.1, 0.15) is 11.8 Å². The number of hydrogen-bond acceptors (Lipinski definition) is 6. The van der Waals surface area contributed by atoms with E-state index < -0.39 is 0 Å². The molecule has 27 heavy (non-hydrogen) atoms. The Morgan fingerprint density at radius 1 is 1.11 bits per heavy atom. The van der Waals surface area contributed by atoms with E-state index in [0.29, 0.717) is 28.5 Å². The van der Waals surface area contributed by atoms with Crippen molar-refractivity contribution in [2.45, 2.75) is 6.54 Å². The minimum absolute atomic E-state index is 0.509. The van der Waals surface area contributed by atoms with Crippen LogP contribution in [0.1, 0.15) is 5.56 Å². The fourth-order valence-corrected chi connectivity index (χ4v) is 3.27. The number of anilines is 1. The van der Waals surface area contributed by atoms with Gasteiger partial charge in [-0.2, -0.15) is 5.10 Å². The predicted octanol–water partition coefficient (Wildman–Crippen LogP) is 3.56. The molecule has 132 valence electrons. The summed E-state index contributed by atoms with van der Waals surface area (Å²) >= 11 is 6.34. The SMILES string of the molecule is Clc1cccc2cc(CNc3ncnc4[nH]cnc34)c(-c3cn[nH]c3)nc12. The van der Waals surface area contributed by atoms with Gasteiger partial charge in [0.15, 0.2) is 11.5 Å². The molecule has 0 bridgehead atoms. The smallest absolute Gasteiger partial charge is 0.162 e. The van der Waals surface area contributed by atoms with E-state index >= 15 is 0 Å². The van der Waals surface area contributed by atoms with E-state index in [1.54, 1.807) is 12.5 Å². The minimum atomic E-state index is 0.509. The third kappa shape index (κ3) is 2.76. The summed E-state index contributed by atoms with van der Waals surface area (Å²) in [6.07, 6.45) is 6.65. The second-order valence-electron chi connectivity index (χ2n) is 5.97. The molecule has 3 N–H and O–H groups in total. The van der Waals surface area contributed by atoms with E-state index in [-0.39, 0.29) is 0 Å². The standard InChI is InChI=1S/C18H13ClN8/c19-13-3-1-2-10-4-11(14(27-15(10)13)12-6-25-26-7-12)5-20-17-16-18(22-8-21-16)24-9-23-17/h1-4,6-9H,5H2,(H,25,26)(H2,20,21,22,23,24). The average Bonchev–Trinajstić information content (AvgIpc) is 3.38. The van der Waals surface area contributed by atoms with E-state index in [4.69, 9.17) is 16.6 Å². The van der Waals surface area contributed by atoms with Gasteiger partial charge in [0.25, 0.3) is 0 Å². The summed E-state index contributed by atoms with van der Waals surface area (Å²) in [5.74, 6) is 0.658. The summed E-state index contributed by atoms with van der Waals surface area (Å²) in [7, 11) is 0. The van der Waals surface area contributed by atoms with Crippen molar-refractivity contribution in [1.29, 1.82) is 0 Å². The third-order valence-electron chi connectivity index (χ3n) is 4.31. The average molecular weight is 377 g/mol. The number of aromatic amines is 2.